The first-order chi connectivity index (χ1) is 11.7. The van der Waals surface area contributed by atoms with Crippen molar-refractivity contribution in [3.63, 3.8) is 0 Å². The van der Waals surface area contributed by atoms with E-state index in [0.717, 1.165) is 5.02 Å². The van der Waals surface area contributed by atoms with Crippen LogP contribution in [0, 0.1) is 11.8 Å². The van der Waals surface area contributed by atoms with E-state index < -0.39 is 0 Å². The van der Waals surface area contributed by atoms with Crippen molar-refractivity contribution in [3.05, 3.63) is 34.9 Å². The van der Waals surface area contributed by atoms with Crippen molar-refractivity contribution in [2.75, 3.05) is 0 Å². The summed E-state index contributed by atoms with van der Waals surface area (Å²) in [6, 6.07) is 9.45. The maximum Gasteiger partial charge on any atom is 0.220 e. The van der Waals surface area contributed by atoms with Crippen LogP contribution in [-0.2, 0) is 4.79 Å². The maximum atomic E-state index is 12.7. The SMILES string of the molecule is O=C(CC1CC2CCC(C1)N2)NC(c1ccc(Cl)cc1)C1CCC1. The van der Waals surface area contributed by atoms with E-state index in [-0.39, 0.29) is 11.9 Å². The fourth-order valence-electron chi connectivity index (χ4n) is 4.75. The molecule has 2 aliphatic heterocycles. The van der Waals surface area contributed by atoms with Crippen LogP contribution >= 0.6 is 11.6 Å². The van der Waals surface area contributed by atoms with Crippen LogP contribution in [0.15, 0.2) is 24.3 Å². The molecule has 3 nitrogen and oxygen atoms in total. The fourth-order valence-corrected chi connectivity index (χ4v) is 4.88. The second-order valence-electron chi connectivity index (χ2n) is 7.97. The van der Waals surface area contributed by atoms with Crippen molar-refractivity contribution in [1.82, 2.24) is 10.6 Å². The molecule has 2 heterocycles. The van der Waals surface area contributed by atoms with E-state index >= 15 is 0 Å². The zero-order valence-electron chi connectivity index (χ0n) is 14.1. The van der Waals surface area contributed by atoms with Gasteiger partial charge in [0, 0.05) is 23.5 Å². The number of benzene rings is 1. The minimum absolute atomic E-state index is 0.155. The van der Waals surface area contributed by atoms with Gasteiger partial charge in [0.15, 0.2) is 0 Å². The van der Waals surface area contributed by atoms with Crippen molar-refractivity contribution in [1.29, 1.82) is 0 Å². The van der Waals surface area contributed by atoms with E-state index in [1.54, 1.807) is 0 Å². The van der Waals surface area contributed by atoms with Crippen molar-refractivity contribution in [3.8, 4) is 0 Å². The van der Waals surface area contributed by atoms with E-state index in [0.29, 0.717) is 30.3 Å². The molecule has 0 spiro atoms. The molecule has 3 atom stereocenters. The molecule has 4 heteroatoms. The molecular weight excluding hydrogens is 320 g/mol. The number of carbonyl (C=O) groups is 1. The lowest BCUT2D eigenvalue weighted by molar-refractivity contribution is -0.123. The molecule has 3 fully saturated rings. The number of halogens is 1. The first-order valence-electron chi connectivity index (χ1n) is 9.48. The van der Waals surface area contributed by atoms with E-state index in [1.807, 2.05) is 12.1 Å². The second-order valence-corrected chi connectivity index (χ2v) is 8.40. The van der Waals surface area contributed by atoms with Gasteiger partial charge in [0.2, 0.25) is 5.91 Å². The van der Waals surface area contributed by atoms with Crippen molar-refractivity contribution in [2.24, 2.45) is 11.8 Å². The lowest BCUT2D eigenvalue weighted by Crippen LogP contribution is -2.41. The van der Waals surface area contributed by atoms with Gasteiger partial charge < -0.3 is 10.6 Å². The molecule has 0 radical (unpaired) electrons. The topological polar surface area (TPSA) is 41.1 Å². The Morgan fingerprint density at radius 2 is 1.79 bits per heavy atom. The van der Waals surface area contributed by atoms with Gasteiger partial charge in [-0.15, -0.1) is 0 Å². The largest absolute Gasteiger partial charge is 0.349 e. The second kappa shape index (κ2) is 7.05. The average molecular weight is 347 g/mol. The van der Waals surface area contributed by atoms with Crippen LogP contribution in [0.1, 0.15) is 63.0 Å². The van der Waals surface area contributed by atoms with E-state index in [4.69, 9.17) is 11.6 Å². The smallest absolute Gasteiger partial charge is 0.220 e. The molecule has 1 amide bonds. The summed E-state index contributed by atoms with van der Waals surface area (Å²) in [5, 5.41) is 7.76. The Bertz CT molecular complexity index is 572. The molecule has 130 valence electrons. The standard InChI is InChI=1S/C20H27ClN2O/c21-16-6-4-15(5-7-16)20(14-2-1-3-14)23-19(24)12-13-10-17-8-9-18(11-13)22-17/h4-7,13-14,17-18,20,22H,1-3,8-12H2,(H,23,24). The number of hydrogen-bond acceptors (Lipinski definition) is 2. The van der Waals surface area contributed by atoms with E-state index in [9.17, 15) is 4.79 Å². The molecule has 24 heavy (non-hydrogen) atoms. The van der Waals surface area contributed by atoms with Gasteiger partial charge in [0.25, 0.3) is 0 Å². The summed E-state index contributed by atoms with van der Waals surface area (Å²) >= 11 is 6.02. The fraction of sp³-hybridized carbons (Fsp3) is 0.650. The third-order valence-corrected chi connectivity index (χ3v) is 6.46. The van der Waals surface area contributed by atoms with Crippen molar-refractivity contribution in [2.45, 2.75) is 69.5 Å². The van der Waals surface area contributed by atoms with Gasteiger partial charge in [-0.3, -0.25) is 4.79 Å². The molecule has 3 unspecified atom stereocenters. The minimum atomic E-state index is 0.155. The third-order valence-electron chi connectivity index (χ3n) is 6.21. The molecule has 2 saturated heterocycles. The van der Waals surface area contributed by atoms with Crippen LogP contribution in [-0.4, -0.2) is 18.0 Å². The highest BCUT2D eigenvalue weighted by atomic mass is 35.5. The number of carbonyl (C=O) groups excluding carboxylic acids is 1. The molecule has 2 bridgehead atoms. The number of amides is 1. The van der Waals surface area contributed by atoms with E-state index in [2.05, 4.69) is 22.8 Å². The van der Waals surface area contributed by atoms with Crippen LogP contribution in [0.25, 0.3) is 0 Å². The Hall–Kier alpha value is -1.06. The van der Waals surface area contributed by atoms with Gasteiger partial charge in [-0.1, -0.05) is 30.2 Å². The highest BCUT2D eigenvalue weighted by Gasteiger charge is 2.35. The minimum Gasteiger partial charge on any atom is -0.349 e. The summed E-state index contributed by atoms with van der Waals surface area (Å²) in [6.45, 7) is 0. The molecule has 1 aromatic rings. The number of rotatable bonds is 5. The van der Waals surface area contributed by atoms with Crippen LogP contribution in [0.5, 0.6) is 0 Å². The van der Waals surface area contributed by atoms with Crippen molar-refractivity contribution < 1.29 is 4.79 Å². The van der Waals surface area contributed by atoms with Gasteiger partial charge in [-0.25, -0.2) is 0 Å². The Balaban J connectivity index is 1.38. The highest BCUT2D eigenvalue weighted by molar-refractivity contribution is 6.30. The van der Waals surface area contributed by atoms with Gasteiger partial charge >= 0.3 is 0 Å². The van der Waals surface area contributed by atoms with Crippen LogP contribution in [0.4, 0.5) is 0 Å². The molecule has 3 aliphatic rings. The number of piperidine rings is 1. The zero-order valence-corrected chi connectivity index (χ0v) is 14.9. The van der Waals surface area contributed by atoms with Gasteiger partial charge in [0.05, 0.1) is 6.04 Å². The molecule has 2 N–H and O–H groups in total. The van der Waals surface area contributed by atoms with Gasteiger partial charge in [0.1, 0.15) is 0 Å². The number of fused-ring (bicyclic) bond motifs is 2. The quantitative estimate of drug-likeness (QED) is 0.838. The van der Waals surface area contributed by atoms with Crippen LogP contribution < -0.4 is 10.6 Å². The summed E-state index contributed by atoms with van der Waals surface area (Å²) in [6.07, 6.45) is 9.30. The molecular formula is C20H27ClN2O. The Labute approximate surface area is 149 Å². The summed E-state index contributed by atoms with van der Waals surface area (Å²) in [5.41, 5.74) is 1.20. The Morgan fingerprint density at radius 1 is 1.12 bits per heavy atom. The summed E-state index contributed by atoms with van der Waals surface area (Å²) in [7, 11) is 0. The summed E-state index contributed by atoms with van der Waals surface area (Å²) in [4.78, 5) is 12.7. The monoisotopic (exact) mass is 346 g/mol. The van der Waals surface area contributed by atoms with Gasteiger partial charge in [-0.05, 0) is 68.1 Å². The lowest BCUT2D eigenvalue weighted by atomic mass is 9.77. The molecule has 0 aromatic heterocycles. The van der Waals surface area contributed by atoms with Gasteiger partial charge in [-0.2, -0.15) is 0 Å². The lowest BCUT2D eigenvalue weighted by Gasteiger charge is -2.35. The highest BCUT2D eigenvalue weighted by Crippen LogP contribution is 2.38. The maximum absolute atomic E-state index is 12.7. The summed E-state index contributed by atoms with van der Waals surface area (Å²) in [5.74, 6) is 1.36. The van der Waals surface area contributed by atoms with Crippen LogP contribution in [0.3, 0.4) is 0 Å². The molecule has 1 saturated carbocycles. The summed E-state index contributed by atoms with van der Waals surface area (Å²) < 4.78 is 0. The predicted octanol–water partition coefficient (Wildman–Crippen LogP) is 4.22. The first kappa shape index (κ1) is 16.4. The number of hydrogen-bond donors (Lipinski definition) is 2. The predicted molar refractivity (Wildman–Crippen MR) is 97.0 cm³/mol. The Morgan fingerprint density at radius 3 is 2.38 bits per heavy atom. The van der Waals surface area contributed by atoms with Crippen molar-refractivity contribution >= 4 is 17.5 Å². The molecule has 1 aromatic carbocycles. The first-order valence-corrected chi connectivity index (χ1v) is 9.86. The number of nitrogens with one attached hydrogen (secondary N) is 2. The van der Waals surface area contributed by atoms with Crippen LogP contribution in [0.2, 0.25) is 5.02 Å². The average Bonchev–Trinajstić information content (AvgIpc) is 2.84. The molecule has 4 rings (SSSR count). The normalized spacial score (nSPS) is 30.6. The zero-order chi connectivity index (χ0) is 16.5. The third kappa shape index (κ3) is 3.62. The Kier molecular flexibility index (Phi) is 4.82. The van der Waals surface area contributed by atoms with E-state index in [1.165, 1.54) is 50.5 Å². The molecule has 1 aliphatic carbocycles.